The van der Waals surface area contributed by atoms with E-state index in [0.29, 0.717) is 0 Å². The monoisotopic (exact) mass is 170 g/mol. The Hall–Kier alpha value is 0.0900. The first kappa shape index (κ1) is 9.18. The van der Waals surface area contributed by atoms with Gasteiger partial charge in [0.2, 0.25) is 0 Å². The second kappa shape index (κ2) is 3.66. The minimum Gasteiger partial charge on any atom is -0.172 e. The Balaban J connectivity index is 2.52. The van der Waals surface area contributed by atoms with Crippen molar-refractivity contribution in [3.8, 4) is 0 Å². The summed E-state index contributed by atoms with van der Waals surface area (Å²) in [4.78, 5) is 0. The Morgan fingerprint density at radius 3 is 2.91 bits per heavy atom. The van der Waals surface area contributed by atoms with Crippen LogP contribution in [0.3, 0.4) is 0 Å². The van der Waals surface area contributed by atoms with E-state index in [1.54, 1.807) is 0 Å². The number of thiol groups is 1. The van der Waals surface area contributed by atoms with E-state index in [0.717, 1.165) is 12.3 Å². The van der Waals surface area contributed by atoms with Gasteiger partial charge < -0.3 is 0 Å². The zero-order valence-corrected chi connectivity index (χ0v) is 8.24. The van der Waals surface area contributed by atoms with Crippen molar-refractivity contribution in [1.29, 1.82) is 0 Å². The maximum atomic E-state index is 4.70. The van der Waals surface area contributed by atoms with E-state index in [1.165, 1.54) is 25.7 Å². The minimum atomic E-state index is 0.270. The van der Waals surface area contributed by atoms with E-state index < -0.39 is 0 Å². The summed E-state index contributed by atoms with van der Waals surface area (Å²) in [6, 6.07) is 0. The third-order valence-electron chi connectivity index (χ3n) is 2.82. The highest BCUT2D eigenvalue weighted by Gasteiger charge is 2.31. The Morgan fingerprint density at radius 2 is 2.36 bits per heavy atom. The molecule has 0 saturated heterocycles. The third-order valence-corrected chi connectivity index (χ3v) is 3.40. The van der Waals surface area contributed by atoms with Gasteiger partial charge in [-0.2, -0.15) is 12.6 Å². The van der Waals surface area contributed by atoms with Gasteiger partial charge in [-0.3, -0.25) is 0 Å². The summed E-state index contributed by atoms with van der Waals surface area (Å²) in [6.07, 6.45) is 8.52. The molecule has 0 aromatic heterocycles. The molecule has 64 valence electrons. The fraction of sp³-hybridized carbons (Fsp3) is 0.800. The molecule has 1 aliphatic carbocycles. The van der Waals surface area contributed by atoms with Crippen LogP contribution in [0.5, 0.6) is 0 Å². The van der Waals surface area contributed by atoms with Gasteiger partial charge in [-0.15, -0.1) is 6.58 Å². The van der Waals surface area contributed by atoms with Crippen LogP contribution in [0.2, 0.25) is 0 Å². The zero-order valence-electron chi connectivity index (χ0n) is 7.34. The van der Waals surface area contributed by atoms with E-state index in [1.807, 2.05) is 6.08 Å². The molecule has 0 aliphatic heterocycles. The normalized spacial score (nSPS) is 38.5. The molecule has 0 aromatic rings. The highest BCUT2D eigenvalue weighted by atomic mass is 32.1. The summed E-state index contributed by atoms with van der Waals surface area (Å²) in [6.45, 7) is 6.05. The zero-order chi connectivity index (χ0) is 8.32. The summed E-state index contributed by atoms with van der Waals surface area (Å²) in [7, 11) is 0. The van der Waals surface area contributed by atoms with Crippen molar-refractivity contribution in [2.75, 3.05) is 0 Å². The molecule has 1 rings (SSSR count). The average Bonchev–Trinajstić information content (AvgIpc) is 1.94. The van der Waals surface area contributed by atoms with E-state index in [9.17, 15) is 0 Å². The lowest BCUT2D eigenvalue weighted by Crippen LogP contribution is -2.31. The quantitative estimate of drug-likeness (QED) is 0.476. The van der Waals surface area contributed by atoms with E-state index >= 15 is 0 Å². The molecule has 0 aromatic carbocycles. The molecule has 11 heavy (non-hydrogen) atoms. The third kappa shape index (κ3) is 2.26. The van der Waals surface area contributed by atoms with Crippen LogP contribution in [0.25, 0.3) is 0 Å². The van der Waals surface area contributed by atoms with Gasteiger partial charge in [0.25, 0.3) is 0 Å². The topological polar surface area (TPSA) is 0 Å². The molecular formula is C10H18S. The standard InChI is InChI=1S/C10H18S/c1-3-6-9-7-4-5-8-10(9,2)11/h3,9,11H,1,4-8H2,2H3. The molecular weight excluding hydrogens is 152 g/mol. The lowest BCUT2D eigenvalue weighted by molar-refractivity contribution is 0.294. The molecule has 0 N–H and O–H groups in total. The van der Waals surface area contributed by atoms with Crippen molar-refractivity contribution in [2.24, 2.45) is 5.92 Å². The maximum Gasteiger partial charge on any atom is 0.0132 e. The van der Waals surface area contributed by atoms with Crippen molar-refractivity contribution in [2.45, 2.75) is 43.8 Å². The number of allylic oxidation sites excluding steroid dienone is 1. The first-order valence-electron chi connectivity index (χ1n) is 4.50. The number of rotatable bonds is 2. The van der Waals surface area contributed by atoms with Crippen molar-refractivity contribution in [3.63, 3.8) is 0 Å². The molecule has 0 radical (unpaired) electrons. The van der Waals surface area contributed by atoms with Gasteiger partial charge in [0.15, 0.2) is 0 Å². The van der Waals surface area contributed by atoms with Crippen LogP contribution in [0.15, 0.2) is 12.7 Å². The fourth-order valence-corrected chi connectivity index (χ4v) is 2.35. The molecule has 0 amide bonds. The van der Waals surface area contributed by atoms with Crippen LogP contribution in [0.4, 0.5) is 0 Å². The highest BCUT2D eigenvalue weighted by Crippen LogP contribution is 2.40. The molecule has 0 nitrogen and oxygen atoms in total. The first-order chi connectivity index (χ1) is 5.17. The second-order valence-electron chi connectivity index (χ2n) is 3.82. The van der Waals surface area contributed by atoms with Crippen LogP contribution in [-0.2, 0) is 0 Å². The molecule has 1 saturated carbocycles. The van der Waals surface area contributed by atoms with E-state index in [-0.39, 0.29) is 4.75 Å². The smallest absolute Gasteiger partial charge is 0.0132 e. The van der Waals surface area contributed by atoms with Crippen LogP contribution >= 0.6 is 12.6 Å². The Morgan fingerprint density at radius 1 is 1.64 bits per heavy atom. The Kier molecular flexibility index (Phi) is 3.06. The van der Waals surface area contributed by atoms with Gasteiger partial charge >= 0.3 is 0 Å². The molecule has 2 atom stereocenters. The summed E-state index contributed by atoms with van der Waals surface area (Å²) >= 11 is 4.70. The fourth-order valence-electron chi connectivity index (χ4n) is 1.96. The molecule has 2 unspecified atom stereocenters. The van der Waals surface area contributed by atoms with Crippen LogP contribution in [0, 0.1) is 5.92 Å². The SMILES string of the molecule is C=CCC1CCCCC1(C)S. The summed E-state index contributed by atoms with van der Waals surface area (Å²) in [5, 5.41) is 0. The number of hydrogen-bond donors (Lipinski definition) is 1. The van der Waals surface area contributed by atoms with Gasteiger partial charge in [0.1, 0.15) is 0 Å². The van der Waals surface area contributed by atoms with E-state index in [2.05, 4.69) is 13.5 Å². The van der Waals surface area contributed by atoms with Gasteiger partial charge in [-0.25, -0.2) is 0 Å². The van der Waals surface area contributed by atoms with Crippen molar-refractivity contribution in [3.05, 3.63) is 12.7 Å². The van der Waals surface area contributed by atoms with Crippen molar-refractivity contribution >= 4 is 12.6 Å². The van der Waals surface area contributed by atoms with Crippen molar-refractivity contribution < 1.29 is 0 Å². The molecule has 1 aliphatic rings. The van der Waals surface area contributed by atoms with E-state index in [4.69, 9.17) is 12.6 Å². The lowest BCUT2D eigenvalue weighted by atomic mass is 9.78. The van der Waals surface area contributed by atoms with Gasteiger partial charge in [-0.05, 0) is 25.2 Å². The number of hydrogen-bond acceptors (Lipinski definition) is 1. The van der Waals surface area contributed by atoms with Gasteiger partial charge in [0, 0.05) is 4.75 Å². The second-order valence-corrected chi connectivity index (χ2v) is 4.85. The molecule has 1 fully saturated rings. The molecule has 1 heteroatoms. The van der Waals surface area contributed by atoms with Crippen LogP contribution in [-0.4, -0.2) is 4.75 Å². The van der Waals surface area contributed by atoms with Crippen LogP contribution < -0.4 is 0 Å². The first-order valence-corrected chi connectivity index (χ1v) is 4.95. The Bertz CT molecular complexity index is 138. The van der Waals surface area contributed by atoms with Gasteiger partial charge in [-0.1, -0.05) is 25.8 Å². The predicted molar refractivity (Wildman–Crippen MR) is 54.2 cm³/mol. The van der Waals surface area contributed by atoms with Crippen molar-refractivity contribution in [1.82, 2.24) is 0 Å². The summed E-state index contributed by atoms with van der Waals surface area (Å²) < 4.78 is 0.270. The lowest BCUT2D eigenvalue weighted by Gasteiger charge is -2.37. The van der Waals surface area contributed by atoms with Crippen LogP contribution in [0.1, 0.15) is 39.0 Å². The molecule has 0 spiro atoms. The van der Waals surface area contributed by atoms with Gasteiger partial charge in [0.05, 0.1) is 0 Å². The predicted octanol–water partition coefficient (Wildman–Crippen LogP) is 3.44. The highest BCUT2D eigenvalue weighted by molar-refractivity contribution is 7.81. The minimum absolute atomic E-state index is 0.270. The Labute approximate surface area is 75.5 Å². The molecule has 0 bridgehead atoms. The molecule has 0 heterocycles. The largest absolute Gasteiger partial charge is 0.172 e. The maximum absolute atomic E-state index is 4.70. The summed E-state index contributed by atoms with van der Waals surface area (Å²) in [5.41, 5.74) is 0. The average molecular weight is 170 g/mol. The summed E-state index contributed by atoms with van der Waals surface area (Å²) in [5.74, 6) is 0.761.